The standard InChI is InChI=1S/C21H17ClFN3O/c1-26-12-11-19(25-26)24-20-15-7-9-17(22)21(16(15)8-10-18(20)23)27-13-14-5-3-2-4-6-14/h2-12H,13H2,1H3,(H,24,25). The summed E-state index contributed by atoms with van der Waals surface area (Å²) in [6, 6.07) is 18.2. The predicted octanol–water partition coefficient (Wildman–Crippen LogP) is 5.69. The van der Waals surface area contributed by atoms with Crippen LogP contribution in [-0.4, -0.2) is 9.78 Å². The van der Waals surface area contributed by atoms with Gasteiger partial charge < -0.3 is 10.1 Å². The normalized spacial score (nSPS) is 10.9. The average Bonchev–Trinajstić information content (AvgIpc) is 3.09. The summed E-state index contributed by atoms with van der Waals surface area (Å²) in [6.07, 6.45) is 1.79. The monoisotopic (exact) mass is 381 g/mol. The highest BCUT2D eigenvalue weighted by atomic mass is 35.5. The second kappa shape index (κ2) is 7.29. The number of benzene rings is 3. The van der Waals surface area contributed by atoms with Gasteiger partial charge in [0.2, 0.25) is 0 Å². The van der Waals surface area contributed by atoms with Crippen LogP contribution in [0.1, 0.15) is 5.56 Å². The summed E-state index contributed by atoms with van der Waals surface area (Å²) in [6.45, 7) is 0.375. The van der Waals surface area contributed by atoms with Crippen molar-refractivity contribution >= 4 is 33.9 Å². The van der Waals surface area contributed by atoms with Crippen LogP contribution in [0.5, 0.6) is 5.75 Å². The molecule has 0 saturated carbocycles. The van der Waals surface area contributed by atoms with Crippen LogP contribution in [0.25, 0.3) is 10.8 Å². The van der Waals surface area contributed by atoms with E-state index in [1.165, 1.54) is 6.07 Å². The van der Waals surface area contributed by atoms with Crippen LogP contribution in [0.3, 0.4) is 0 Å². The molecule has 0 bridgehead atoms. The number of nitrogens with zero attached hydrogens (tertiary/aromatic N) is 2. The van der Waals surface area contributed by atoms with Gasteiger partial charge in [-0.2, -0.15) is 5.10 Å². The molecule has 3 aromatic carbocycles. The third kappa shape index (κ3) is 3.59. The van der Waals surface area contributed by atoms with Crippen molar-refractivity contribution in [2.45, 2.75) is 6.61 Å². The smallest absolute Gasteiger partial charge is 0.152 e. The van der Waals surface area contributed by atoms with Crippen molar-refractivity contribution in [3.63, 3.8) is 0 Å². The Labute approximate surface area is 161 Å². The lowest BCUT2D eigenvalue weighted by Crippen LogP contribution is -2.00. The van der Waals surface area contributed by atoms with Gasteiger partial charge in [0.25, 0.3) is 0 Å². The van der Waals surface area contributed by atoms with Crippen LogP contribution in [0.2, 0.25) is 5.02 Å². The number of anilines is 2. The number of ether oxygens (including phenoxy) is 1. The lowest BCUT2D eigenvalue weighted by molar-refractivity contribution is 0.310. The van der Waals surface area contributed by atoms with Gasteiger partial charge in [-0.3, -0.25) is 4.68 Å². The third-order valence-electron chi connectivity index (χ3n) is 4.25. The van der Waals surface area contributed by atoms with E-state index in [9.17, 15) is 4.39 Å². The van der Waals surface area contributed by atoms with Crippen LogP contribution in [0.4, 0.5) is 15.9 Å². The fourth-order valence-electron chi connectivity index (χ4n) is 2.94. The first-order valence-electron chi connectivity index (χ1n) is 8.46. The number of rotatable bonds is 5. The molecule has 0 saturated heterocycles. The van der Waals surface area contributed by atoms with Crippen LogP contribution >= 0.6 is 11.6 Å². The summed E-state index contributed by atoms with van der Waals surface area (Å²) < 4.78 is 22.2. The maximum absolute atomic E-state index is 14.5. The Morgan fingerprint density at radius 3 is 2.56 bits per heavy atom. The van der Waals surface area contributed by atoms with Gasteiger partial charge in [0.15, 0.2) is 5.82 Å². The molecule has 0 aliphatic heterocycles. The topological polar surface area (TPSA) is 39.1 Å². The van der Waals surface area contributed by atoms with E-state index < -0.39 is 0 Å². The van der Waals surface area contributed by atoms with E-state index in [4.69, 9.17) is 16.3 Å². The van der Waals surface area contributed by atoms with Crippen molar-refractivity contribution in [1.29, 1.82) is 0 Å². The maximum Gasteiger partial charge on any atom is 0.152 e. The summed E-state index contributed by atoms with van der Waals surface area (Å²) in [5.74, 6) is 0.720. The lowest BCUT2D eigenvalue weighted by atomic mass is 10.1. The van der Waals surface area contributed by atoms with Gasteiger partial charge in [0, 0.05) is 30.1 Å². The molecular formula is C21H17ClFN3O. The summed E-state index contributed by atoms with van der Waals surface area (Å²) in [5.41, 5.74) is 1.37. The Morgan fingerprint density at radius 2 is 1.81 bits per heavy atom. The van der Waals surface area contributed by atoms with E-state index in [1.807, 2.05) is 30.3 Å². The fraction of sp³-hybridized carbons (Fsp3) is 0.0952. The minimum atomic E-state index is -0.371. The van der Waals surface area contributed by atoms with Crippen LogP contribution in [0.15, 0.2) is 66.9 Å². The van der Waals surface area contributed by atoms with Crippen molar-refractivity contribution in [1.82, 2.24) is 9.78 Å². The highest BCUT2D eigenvalue weighted by molar-refractivity contribution is 6.33. The molecule has 0 fully saturated rings. The zero-order valence-corrected chi connectivity index (χ0v) is 15.4. The molecule has 0 amide bonds. The Balaban J connectivity index is 1.74. The van der Waals surface area contributed by atoms with Crippen molar-refractivity contribution in [2.75, 3.05) is 5.32 Å². The van der Waals surface area contributed by atoms with Gasteiger partial charge in [-0.05, 0) is 23.8 Å². The molecule has 27 heavy (non-hydrogen) atoms. The molecule has 4 rings (SSSR count). The average molecular weight is 382 g/mol. The van der Waals surface area contributed by atoms with Gasteiger partial charge in [-0.15, -0.1) is 0 Å². The zero-order valence-electron chi connectivity index (χ0n) is 14.6. The molecule has 1 N–H and O–H groups in total. The number of hydrogen-bond donors (Lipinski definition) is 1. The Morgan fingerprint density at radius 1 is 1.04 bits per heavy atom. The van der Waals surface area contributed by atoms with E-state index in [-0.39, 0.29) is 5.82 Å². The second-order valence-corrected chi connectivity index (χ2v) is 6.58. The molecule has 1 aromatic heterocycles. The van der Waals surface area contributed by atoms with Crippen molar-refractivity contribution in [3.05, 3.63) is 83.3 Å². The van der Waals surface area contributed by atoms with Crippen LogP contribution < -0.4 is 10.1 Å². The number of fused-ring (bicyclic) bond motifs is 1. The van der Waals surface area contributed by atoms with Gasteiger partial charge in [-0.1, -0.05) is 48.0 Å². The van der Waals surface area contributed by atoms with Gasteiger partial charge in [-0.25, -0.2) is 4.39 Å². The first-order valence-corrected chi connectivity index (χ1v) is 8.84. The molecule has 0 aliphatic carbocycles. The number of hydrogen-bond acceptors (Lipinski definition) is 3. The van der Waals surface area contributed by atoms with Crippen LogP contribution in [0, 0.1) is 5.82 Å². The molecule has 0 atom stereocenters. The molecule has 4 nitrogen and oxygen atoms in total. The highest BCUT2D eigenvalue weighted by Crippen LogP contribution is 2.39. The first-order chi connectivity index (χ1) is 13.1. The predicted molar refractivity (Wildman–Crippen MR) is 106 cm³/mol. The molecule has 136 valence electrons. The van der Waals surface area contributed by atoms with Crippen molar-refractivity contribution in [3.8, 4) is 5.75 Å². The van der Waals surface area contributed by atoms with Gasteiger partial charge >= 0.3 is 0 Å². The first kappa shape index (κ1) is 17.4. The number of aryl methyl sites for hydroxylation is 1. The molecule has 0 aliphatic rings. The maximum atomic E-state index is 14.5. The molecule has 1 heterocycles. The minimum Gasteiger partial charge on any atom is -0.487 e. The van der Waals surface area contributed by atoms with E-state index in [0.29, 0.717) is 34.3 Å². The molecule has 4 aromatic rings. The summed E-state index contributed by atoms with van der Waals surface area (Å²) in [7, 11) is 1.81. The second-order valence-electron chi connectivity index (χ2n) is 6.17. The van der Waals surface area contributed by atoms with E-state index >= 15 is 0 Å². The molecule has 0 spiro atoms. The zero-order chi connectivity index (χ0) is 18.8. The summed E-state index contributed by atoms with van der Waals surface area (Å²) in [5, 5.41) is 9.19. The summed E-state index contributed by atoms with van der Waals surface area (Å²) >= 11 is 6.37. The summed E-state index contributed by atoms with van der Waals surface area (Å²) in [4.78, 5) is 0. The lowest BCUT2D eigenvalue weighted by Gasteiger charge is -2.15. The number of halogens is 2. The van der Waals surface area contributed by atoms with Gasteiger partial charge in [0.1, 0.15) is 18.2 Å². The Bertz CT molecular complexity index is 1100. The molecular weight excluding hydrogens is 365 g/mol. The quantitative estimate of drug-likeness (QED) is 0.482. The highest BCUT2D eigenvalue weighted by Gasteiger charge is 2.15. The molecule has 0 unspecified atom stereocenters. The number of nitrogens with one attached hydrogen (secondary N) is 1. The van der Waals surface area contributed by atoms with Crippen molar-refractivity contribution in [2.24, 2.45) is 7.05 Å². The SMILES string of the molecule is Cn1ccc(Nc2c(F)ccc3c(OCc4ccccc4)c(Cl)ccc23)n1. The van der Waals surface area contributed by atoms with Crippen LogP contribution in [-0.2, 0) is 13.7 Å². The Kier molecular flexibility index (Phi) is 4.69. The largest absolute Gasteiger partial charge is 0.487 e. The van der Waals surface area contributed by atoms with E-state index in [2.05, 4.69) is 10.4 Å². The molecule has 6 heteroatoms. The van der Waals surface area contributed by atoms with E-state index in [1.54, 1.807) is 42.2 Å². The van der Waals surface area contributed by atoms with Gasteiger partial charge in [0.05, 0.1) is 10.7 Å². The van der Waals surface area contributed by atoms with E-state index in [0.717, 1.165) is 10.9 Å². The fourth-order valence-corrected chi connectivity index (χ4v) is 3.16. The molecule has 0 radical (unpaired) electrons. The number of aromatic nitrogens is 2. The van der Waals surface area contributed by atoms with Crippen molar-refractivity contribution < 1.29 is 9.13 Å². The Hall–Kier alpha value is -3.05. The minimum absolute atomic E-state index is 0.340. The third-order valence-corrected chi connectivity index (χ3v) is 4.54.